The van der Waals surface area contributed by atoms with Crippen LogP contribution in [0.3, 0.4) is 0 Å². The number of carbonyl (C=O) groups excluding carboxylic acids is 2. The minimum absolute atomic E-state index is 0. The van der Waals surface area contributed by atoms with Crippen molar-refractivity contribution in [3.63, 3.8) is 0 Å². The molecule has 0 heterocycles. The summed E-state index contributed by atoms with van der Waals surface area (Å²) in [7, 11) is -1.44. The number of benzene rings is 2. The molecule has 2 aliphatic carbocycles. The molecule has 0 spiro atoms. The summed E-state index contributed by atoms with van der Waals surface area (Å²) < 4.78 is 24.4. The van der Waals surface area contributed by atoms with E-state index in [1.54, 1.807) is 25.0 Å². The smallest absolute Gasteiger partial charge is 0.426 e. The largest absolute Gasteiger partial charge is 2.00 e. The van der Waals surface area contributed by atoms with Crippen LogP contribution >= 0.6 is 0 Å². The van der Waals surface area contributed by atoms with E-state index < -0.39 is 22.7 Å². The van der Waals surface area contributed by atoms with Crippen molar-refractivity contribution in [3.05, 3.63) is 116 Å². The van der Waals surface area contributed by atoms with Crippen molar-refractivity contribution in [2.24, 2.45) is 0 Å². The molecule has 0 aromatic heterocycles. The summed E-state index contributed by atoms with van der Waals surface area (Å²) in [6, 6.07) is 10.9. The maximum atomic E-state index is 13.4. The fourth-order valence-electron chi connectivity index (χ4n) is 3.73. The number of ether oxygens (including phenoxy) is 2. The predicted molar refractivity (Wildman–Crippen MR) is 145 cm³/mol. The second-order valence-corrected chi connectivity index (χ2v) is 11.1. The molecule has 0 amide bonds. The van der Waals surface area contributed by atoms with Crippen LogP contribution in [0.1, 0.15) is 51.3 Å². The standard InChI is InChI=1S/C26H27O5S.C5H5.Fe/c1-16-10-12-19(13-11-16)32(29)25-9-7-8-20(25)21-14-24(31-18(3)28)22(26(4,5)6)15-23(21)30-17(2)27;1-2-4-5-3-1;/h7-15H,1-6H3;1-5H;/q;;+2/t32-;;/m0../s1. The molecule has 0 unspecified atom stereocenters. The van der Waals surface area contributed by atoms with Crippen molar-refractivity contribution < 1.29 is 40.3 Å². The SMILES string of the molecule is CC(=O)Oc1cc(C(C)(C)C)c(OC(C)=O)cc1[C]1[CH][CH][CH][C]1[S@@](=O)c1ccc(C)cc1.[CH]1[CH][CH][CH][CH]1.[Fe+2]. The van der Waals surface area contributed by atoms with Crippen molar-refractivity contribution in [3.8, 4) is 11.5 Å². The Balaban J connectivity index is 0.000000756. The summed E-state index contributed by atoms with van der Waals surface area (Å²) >= 11 is 0. The van der Waals surface area contributed by atoms with Crippen molar-refractivity contribution in [2.75, 3.05) is 0 Å². The molecule has 0 aliphatic heterocycles. The van der Waals surface area contributed by atoms with Gasteiger partial charge < -0.3 is 9.47 Å². The van der Waals surface area contributed by atoms with Crippen LogP contribution in [-0.2, 0) is 42.9 Å². The van der Waals surface area contributed by atoms with Crippen LogP contribution in [0.4, 0.5) is 0 Å². The summed E-state index contributed by atoms with van der Waals surface area (Å²) in [6.45, 7) is 10.6. The Labute approximate surface area is 241 Å². The second-order valence-electron chi connectivity index (χ2n) is 9.63. The fourth-order valence-corrected chi connectivity index (χ4v) is 4.95. The Morgan fingerprint density at radius 3 is 1.79 bits per heavy atom. The van der Waals surface area contributed by atoms with E-state index in [1.807, 2.05) is 90.5 Å². The van der Waals surface area contributed by atoms with Gasteiger partial charge in [-0.1, -0.05) is 38.5 Å². The van der Waals surface area contributed by atoms with Crippen LogP contribution in [0.25, 0.3) is 0 Å². The zero-order chi connectivity index (χ0) is 27.2. The molecule has 0 saturated heterocycles. The maximum Gasteiger partial charge on any atom is 2.00 e. The first-order valence-electron chi connectivity index (χ1n) is 11.9. The first-order chi connectivity index (χ1) is 17.5. The van der Waals surface area contributed by atoms with Gasteiger partial charge in [-0.05, 0) is 88.0 Å². The van der Waals surface area contributed by atoms with Gasteiger partial charge in [0.05, 0.1) is 16.0 Å². The van der Waals surface area contributed by atoms with E-state index in [9.17, 15) is 13.8 Å². The molecule has 2 aliphatic rings. The van der Waals surface area contributed by atoms with E-state index in [0.717, 1.165) is 11.1 Å². The van der Waals surface area contributed by atoms with Gasteiger partial charge in [0.2, 0.25) is 0 Å². The summed E-state index contributed by atoms with van der Waals surface area (Å²) in [5, 5.41) is 0.583. The van der Waals surface area contributed by atoms with Crippen molar-refractivity contribution in [2.45, 2.75) is 51.9 Å². The minimum atomic E-state index is -1.44. The van der Waals surface area contributed by atoms with E-state index in [-0.39, 0.29) is 22.5 Å². The van der Waals surface area contributed by atoms with E-state index in [2.05, 4.69) is 0 Å². The number of aryl methyl sites for hydroxylation is 1. The number of hydrogen-bond acceptors (Lipinski definition) is 5. The van der Waals surface area contributed by atoms with Crippen molar-refractivity contribution >= 4 is 22.7 Å². The minimum Gasteiger partial charge on any atom is -0.426 e. The monoisotopic (exact) mass is 572 g/mol. The molecule has 0 N–H and O–H groups in total. The Bertz CT molecular complexity index is 1110. The average Bonchev–Trinajstić information content (AvgIpc) is 3.54. The Morgan fingerprint density at radius 1 is 0.763 bits per heavy atom. The van der Waals surface area contributed by atoms with Gasteiger partial charge in [0.15, 0.2) is 0 Å². The van der Waals surface area contributed by atoms with Gasteiger partial charge in [0.1, 0.15) is 11.5 Å². The predicted octanol–water partition coefficient (Wildman–Crippen LogP) is 6.05. The van der Waals surface area contributed by atoms with Crippen molar-refractivity contribution in [1.82, 2.24) is 0 Å². The molecule has 10 radical (unpaired) electrons. The molecule has 5 nitrogen and oxygen atoms in total. The van der Waals surface area contributed by atoms with Crippen LogP contribution in [0.2, 0.25) is 0 Å². The molecular formula is C31H32FeO5S+2. The average molecular weight is 573 g/mol. The van der Waals surface area contributed by atoms with Crippen LogP contribution in [0.15, 0.2) is 41.3 Å². The summed E-state index contributed by atoms with van der Waals surface area (Å²) in [6.07, 6.45) is 15.4. The number of rotatable bonds is 5. The number of carbonyl (C=O) groups is 2. The molecule has 38 heavy (non-hydrogen) atoms. The first-order valence-corrected chi connectivity index (χ1v) is 13.1. The summed E-state index contributed by atoms with van der Waals surface area (Å²) in [5.74, 6) is 0.427. The third-order valence-corrected chi connectivity index (χ3v) is 6.91. The second kappa shape index (κ2) is 14.4. The quantitative estimate of drug-likeness (QED) is 0.248. The van der Waals surface area contributed by atoms with E-state index in [4.69, 9.17) is 9.47 Å². The Morgan fingerprint density at radius 2 is 1.29 bits per heavy atom. The van der Waals surface area contributed by atoms with Gasteiger partial charge in [-0.2, -0.15) is 0 Å². The summed E-state index contributed by atoms with van der Waals surface area (Å²) in [4.78, 5) is 24.3. The number of esters is 2. The third-order valence-electron chi connectivity index (χ3n) is 5.45. The molecule has 7 heteroatoms. The molecule has 4 rings (SSSR count). The molecular weight excluding hydrogens is 540 g/mol. The van der Waals surface area contributed by atoms with Crippen LogP contribution in [-0.4, -0.2) is 16.1 Å². The fraction of sp³-hybridized carbons (Fsp3) is 0.226. The molecule has 2 aromatic rings. The normalized spacial score (nSPS) is 16.7. The zero-order valence-corrected chi connectivity index (χ0v) is 24.3. The van der Waals surface area contributed by atoms with Crippen LogP contribution < -0.4 is 9.47 Å². The molecule has 0 bridgehead atoms. The number of hydrogen-bond donors (Lipinski definition) is 0. The van der Waals surface area contributed by atoms with Gasteiger partial charge in [-0.3, -0.25) is 13.8 Å². The van der Waals surface area contributed by atoms with E-state index in [1.165, 1.54) is 13.8 Å². The topological polar surface area (TPSA) is 69.7 Å². The molecule has 2 aromatic carbocycles. The van der Waals surface area contributed by atoms with Gasteiger partial charge in [-0.15, -0.1) is 0 Å². The Kier molecular flexibility index (Phi) is 12.3. The van der Waals surface area contributed by atoms with E-state index in [0.29, 0.717) is 33.1 Å². The molecule has 2 fully saturated rings. The van der Waals surface area contributed by atoms with Crippen LogP contribution in [0.5, 0.6) is 11.5 Å². The summed E-state index contributed by atoms with van der Waals surface area (Å²) in [5.41, 5.74) is 1.96. The molecule has 198 valence electrons. The van der Waals surface area contributed by atoms with Crippen molar-refractivity contribution in [1.29, 1.82) is 0 Å². The molecule has 1 atom stereocenters. The van der Waals surface area contributed by atoms with Crippen LogP contribution in [0, 0.1) is 69.5 Å². The Hall–Kier alpha value is -1.95. The van der Waals surface area contributed by atoms with Gasteiger partial charge in [0, 0.05) is 35.8 Å². The maximum absolute atomic E-state index is 13.4. The third kappa shape index (κ3) is 8.79. The first kappa shape index (κ1) is 32.3. The molecule has 2 saturated carbocycles. The van der Waals surface area contributed by atoms with E-state index >= 15 is 0 Å². The van der Waals surface area contributed by atoms with Gasteiger partial charge in [0.25, 0.3) is 0 Å². The van der Waals surface area contributed by atoms with Gasteiger partial charge >= 0.3 is 29.0 Å². The zero-order valence-electron chi connectivity index (χ0n) is 22.4. The van der Waals surface area contributed by atoms with Gasteiger partial charge in [-0.25, -0.2) is 0 Å².